The molecular weight excluding hydrogens is 230 g/mol. The number of nitrogens with zero attached hydrogens (tertiary/aromatic N) is 3. The molecule has 1 aromatic heterocycles. The number of carbonyl (C=O) groups is 1. The van der Waals surface area contributed by atoms with E-state index >= 15 is 0 Å². The normalized spacial score (nSPS) is 27.6. The van der Waals surface area contributed by atoms with Crippen molar-refractivity contribution in [2.75, 3.05) is 0 Å². The van der Waals surface area contributed by atoms with Crippen LogP contribution in [0.1, 0.15) is 58.7 Å². The predicted octanol–water partition coefficient (Wildman–Crippen LogP) is 2.46. The molecule has 0 spiro atoms. The topological polar surface area (TPSA) is 68.0 Å². The second kappa shape index (κ2) is 3.80. The molecule has 1 aliphatic carbocycles. The van der Waals surface area contributed by atoms with Gasteiger partial charge in [0.05, 0.1) is 11.1 Å². The molecular formula is C13H21N3O2. The first-order valence-corrected chi connectivity index (χ1v) is 6.35. The summed E-state index contributed by atoms with van der Waals surface area (Å²) in [6.45, 7) is 10.00. The van der Waals surface area contributed by atoms with Gasteiger partial charge in [-0.05, 0) is 25.7 Å². The van der Waals surface area contributed by atoms with Gasteiger partial charge in [0.2, 0.25) is 0 Å². The van der Waals surface area contributed by atoms with Crippen LogP contribution in [0, 0.1) is 10.8 Å². The van der Waals surface area contributed by atoms with Crippen molar-refractivity contribution >= 4 is 5.97 Å². The Kier molecular flexibility index (Phi) is 2.76. The molecule has 1 aromatic rings. The third kappa shape index (κ3) is 1.72. The average Bonchev–Trinajstić information content (AvgIpc) is 2.81. The minimum Gasteiger partial charge on any atom is -0.481 e. The van der Waals surface area contributed by atoms with E-state index in [-0.39, 0.29) is 17.4 Å². The van der Waals surface area contributed by atoms with Gasteiger partial charge in [-0.15, -0.1) is 5.10 Å². The SMILES string of the molecule is CC(C)n1cc([C@@H]2C[C@]2(C(=O)O)C(C)(C)C)nn1. The summed E-state index contributed by atoms with van der Waals surface area (Å²) < 4.78 is 1.78. The summed E-state index contributed by atoms with van der Waals surface area (Å²) in [6.07, 6.45) is 2.54. The first-order chi connectivity index (χ1) is 8.20. The molecule has 100 valence electrons. The van der Waals surface area contributed by atoms with E-state index in [1.807, 2.05) is 40.8 Å². The zero-order valence-corrected chi connectivity index (χ0v) is 11.6. The van der Waals surface area contributed by atoms with Crippen molar-refractivity contribution in [3.05, 3.63) is 11.9 Å². The van der Waals surface area contributed by atoms with Crippen LogP contribution in [-0.4, -0.2) is 26.1 Å². The first kappa shape index (κ1) is 13.1. The lowest BCUT2D eigenvalue weighted by molar-refractivity contribution is -0.148. The van der Waals surface area contributed by atoms with Crippen LogP contribution in [0.2, 0.25) is 0 Å². The highest BCUT2D eigenvalue weighted by Gasteiger charge is 2.68. The fourth-order valence-corrected chi connectivity index (χ4v) is 2.71. The van der Waals surface area contributed by atoms with Crippen LogP contribution in [0.15, 0.2) is 6.20 Å². The Bertz CT molecular complexity index is 473. The van der Waals surface area contributed by atoms with Gasteiger partial charge in [-0.3, -0.25) is 4.79 Å². The molecule has 1 N–H and O–H groups in total. The summed E-state index contributed by atoms with van der Waals surface area (Å²) in [5.74, 6) is -0.735. The fraction of sp³-hybridized carbons (Fsp3) is 0.769. The molecule has 5 nitrogen and oxygen atoms in total. The third-order valence-corrected chi connectivity index (χ3v) is 4.09. The van der Waals surface area contributed by atoms with Crippen LogP contribution in [0.5, 0.6) is 0 Å². The van der Waals surface area contributed by atoms with Gasteiger partial charge in [0, 0.05) is 18.2 Å². The summed E-state index contributed by atoms with van der Waals surface area (Å²) in [5, 5.41) is 17.7. The standard InChI is InChI=1S/C13H21N3O2/c1-8(2)16-7-10(14-15-16)9-6-13(9,11(17)18)12(3,4)5/h7-9H,6H2,1-5H3,(H,17,18)/t9-,13-/m0/s1. The molecule has 0 aromatic carbocycles. The van der Waals surface area contributed by atoms with Gasteiger partial charge in [-0.25, -0.2) is 4.68 Å². The van der Waals surface area contributed by atoms with E-state index in [0.29, 0.717) is 6.42 Å². The van der Waals surface area contributed by atoms with Gasteiger partial charge in [0.1, 0.15) is 0 Å². The Morgan fingerprint density at radius 2 is 2.17 bits per heavy atom. The maximum absolute atomic E-state index is 11.6. The van der Waals surface area contributed by atoms with Gasteiger partial charge < -0.3 is 5.11 Å². The number of aromatic nitrogens is 3. The molecule has 1 heterocycles. The van der Waals surface area contributed by atoms with Gasteiger partial charge in [-0.1, -0.05) is 26.0 Å². The molecule has 1 fully saturated rings. The van der Waals surface area contributed by atoms with Gasteiger partial charge in [-0.2, -0.15) is 0 Å². The fourth-order valence-electron chi connectivity index (χ4n) is 2.71. The third-order valence-electron chi connectivity index (χ3n) is 4.09. The largest absolute Gasteiger partial charge is 0.481 e. The van der Waals surface area contributed by atoms with E-state index in [0.717, 1.165) is 5.69 Å². The summed E-state index contributed by atoms with van der Waals surface area (Å²) in [6, 6.07) is 0.249. The van der Waals surface area contributed by atoms with E-state index in [9.17, 15) is 9.90 Å². The highest BCUT2D eigenvalue weighted by Crippen LogP contribution is 2.67. The van der Waals surface area contributed by atoms with Crippen molar-refractivity contribution in [2.24, 2.45) is 10.8 Å². The number of carboxylic acid groups (broad SMARTS) is 1. The molecule has 0 aliphatic heterocycles. The Hall–Kier alpha value is -1.39. The second-order valence-electron chi connectivity index (χ2n) is 6.50. The van der Waals surface area contributed by atoms with Gasteiger partial charge in [0.15, 0.2) is 0 Å². The molecule has 0 bridgehead atoms. The van der Waals surface area contributed by atoms with Crippen LogP contribution >= 0.6 is 0 Å². The van der Waals surface area contributed by atoms with E-state index in [2.05, 4.69) is 10.3 Å². The Morgan fingerprint density at radius 3 is 2.50 bits per heavy atom. The molecule has 0 radical (unpaired) electrons. The maximum atomic E-state index is 11.6. The smallest absolute Gasteiger partial charge is 0.310 e. The second-order valence-corrected chi connectivity index (χ2v) is 6.50. The number of aliphatic carboxylic acids is 1. The predicted molar refractivity (Wildman–Crippen MR) is 67.3 cm³/mol. The van der Waals surface area contributed by atoms with Gasteiger partial charge in [0.25, 0.3) is 0 Å². The lowest BCUT2D eigenvalue weighted by Gasteiger charge is -2.28. The first-order valence-electron chi connectivity index (χ1n) is 6.35. The summed E-state index contributed by atoms with van der Waals surface area (Å²) in [5.41, 5.74) is -0.156. The summed E-state index contributed by atoms with van der Waals surface area (Å²) in [4.78, 5) is 11.6. The molecule has 1 aliphatic rings. The molecule has 0 saturated heterocycles. The van der Waals surface area contributed by atoms with E-state index in [1.54, 1.807) is 4.68 Å². The highest BCUT2D eigenvalue weighted by molar-refractivity contribution is 5.81. The molecule has 5 heteroatoms. The summed E-state index contributed by atoms with van der Waals surface area (Å²) in [7, 11) is 0. The Balaban J connectivity index is 2.29. The monoisotopic (exact) mass is 251 g/mol. The highest BCUT2D eigenvalue weighted by atomic mass is 16.4. The van der Waals surface area contributed by atoms with Gasteiger partial charge >= 0.3 is 5.97 Å². The number of hydrogen-bond donors (Lipinski definition) is 1. The molecule has 18 heavy (non-hydrogen) atoms. The number of carboxylic acids is 1. The Morgan fingerprint density at radius 1 is 1.56 bits per heavy atom. The average molecular weight is 251 g/mol. The molecule has 2 rings (SSSR count). The zero-order chi connectivity index (χ0) is 13.7. The van der Waals surface area contributed by atoms with E-state index < -0.39 is 11.4 Å². The minimum absolute atomic E-state index is 0.0116. The van der Waals surface area contributed by atoms with E-state index in [4.69, 9.17) is 0 Å². The van der Waals surface area contributed by atoms with Crippen molar-refractivity contribution in [1.82, 2.24) is 15.0 Å². The van der Waals surface area contributed by atoms with Crippen LogP contribution in [0.3, 0.4) is 0 Å². The number of rotatable bonds is 3. The van der Waals surface area contributed by atoms with E-state index in [1.165, 1.54) is 0 Å². The Labute approximate surface area is 107 Å². The summed E-state index contributed by atoms with van der Waals surface area (Å²) >= 11 is 0. The van der Waals surface area contributed by atoms with Crippen molar-refractivity contribution in [3.63, 3.8) is 0 Å². The lowest BCUT2D eigenvalue weighted by Crippen LogP contribution is -2.32. The number of hydrogen-bond acceptors (Lipinski definition) is 3. The maximum Gasteiger partial charge on any atom is 0.310 e. The van der Waals surface area contributed by atoms with Crippen LogP contribution < -0.4 is 0 Å². The minimum atomic E-state index is -0.723. The van der Waals surface area contributed by atoms with Crippen molar-refractivity contribution < 1.29 is 9.90 Å². The van der Waals surface area contributed by atoms with Crippen LogP contribution in [0.25, 0.3) is 0 Å². The molecule has 1 saturated carbocycles. The van der Waals surface area contributed by atoms with Crippen molar-refractivity contribution in [3.8, 4) is 0 Å². The lowest BCUT2D eigenvalue weighted by atomic mass is 9.75. The molecule has 0 amide bonds. The van der Waals surface area contributed by atoms with Crippen molar-refractivity contribution in [2.45, 2.75) is 53.0 Å². The molecule has 2 atom stereocenters. The van der Waals surface area contributed by atoms with Crippen LogP contribution in [0.4, 0.5) is 0 Å². The zero-order valence-electron chi connectivity index (χ0n) is 11.6. The molecule has 0 unspecified atom stereocenters. The van der Waals surface area contributed by atoms with Crippen LogP contribution in [-0.2, 0) is 4.79 Å². The quantitative estimate of drug-likeness (QED) is 0.896. The van der Waals surface area contributed by atoms with Crippen molar-refractivity contribution in [1.29, 1.82) is 0 Å².